The Morgan fingerprint density at radius 2 is 2.05 bits per heavy atom. The van der Waals surface area contributed by atoms with Crippen molar-refractivity contribution in [3.63, 3.8) is 0 Å². The largest absolute Gasteiger partial charge is 0.390 e. The molecule has 1 aromatic carbocycles. The first-order valence-electron chi connectivity index (χ1n) is 6.88. The molecule has 106 valence electrons. The maximum Gasteiger partial charge on any atom is 0.0672 e. The molecule has 1 aliphatic rings. The average molecular weight is 283 g/mol. The molecular weight excluding hydrogens is 260 g/mol. The van der Waals surface area contributed by atoms with Crippen molar-refractivity contribution < 1.29 is 5.11 Å². The molecule has 1 aliphatic heterocycles. The molecular formula is C15H23ClN2O. The summed E-state index contributed by atoms with van der Waals surface area (Å²) in [5, 5.41) is 14.5. The monoisotopic (exact) mass is 282 g/mol. The number of halogens is 1. The maximum atomic E-state index is 10.5. The quantitative estimate of drug-likeness (QED) is 0.888. The van der Waals surface area contributed by atoms with Crippen molar-refractivity contribution in [1.29, 1.82) is 0 Å². The highest BCUT2D eigenvalue weighted by molar-refractivity contribution is 6.30. The molecule has 19 heavy (non-hydrogen) atoms. The molecule has 2 rings (SSSR count). The number of hydrogen-bond donors (Lipinski definition) is 2. The number of piperazine rings is 1. The summed E-state index contributed by atoms with van der Waals surface area (Å²) in [5.41, 5.74) is 0.355. The van der Waals surface area contributed by atoms with E-state index in [2.05, 4.69) is 16.3 Å². The first-order chi connectivity index (χ1) is 8.97. The smallest absolute Gasteiger partial charge is 0.0672 e. The second-order valence-electron chi connectivity index (χ2n) is 5.81. The summed E-state index contributed by atoms with van der Waals surface area (Å²) in [7, 11) is 0. The van der Waals surface area contributed by atoms with Gasteiger partial charge in [-0.25, -0.2) is 0 Å². The molecule has 3 nitrogen and oxygen atoms in total. The van der Waals surface area contributed by atoms with Gasteiger partial charge in [0, 0.05) is 43.7 Å². The van der Waals surface area contributed by atoms with Gasteiger partial charge < -0.3 is 15.3 Å². The second kappa shape index (κ2) is 6.23. The Balaban J connectivity index is 2.16. The zero-order chi connectivity index (χ0) is 13.9. The molecule has 0 unspecified atom stereocenters. The number of aliphatic hydroxyl groups is 1. The fraction of sp³-hybridized carbons (Fsp3) is 0.600. The Labute approximate surface area is 120 Å². The number of nitrogens with zero attached hydrogens (tertiary/aromatic N) is 1. The van der Waals surface area contributed by atoms with Crippen molar-refractivity contribution >= 4 is 11.6 Å². The van der Waals surface area contributed by atoms with Crippen LogP contribution in [0.4, 0.5) is 0 Å². The van der Waals surface area contributed by atoms with E-state index in [4.69, 9.17) is 11.6 Å². The van der Waals surface area contributed by atoms with Gasteiger partial charge in [-0.05, 0) is 31.5 Å². The fourth-order valence-electron chi connectivity index (χ4n) is 2.61. The van der Waals surface area contributed by atoms with Crippen LogP contribution in [0, 0.1) is 0 Å². The van der Waals surface area contributed by atoms with Gasteiger partial charge in [-0.1, -0.05) is 23.7 Å². The van der Waals surface area contributed by atoms with Crippen LogP contribution in [0.3, 0.4) is 0 Å². The highest BCUT2D eigenvalue weighted by Crippen LogP contribution is 2.30. The van der Waals surface area contributed by atoms with Gasteiger partial charge in [0.1, 0.15) is 0 Å². The van der Waals surface area contributed by atoms with E-state index in [1.807, 2.05) is 32.0 Å². The number of benzene rings is 1. The van der Waals surface area contributed by atoms with E-state index < -0.39 is 5.60 Å². The summed E-state index contributed by atoms with van der Waals surface area (Å²) in [5.74, 6) is 0.0734. The minimum Gasteiger partial charge on any atom is -0.390 e. The second-order valence-corrected chi connectivity index (χ2v) is 6.25. The lowest BCUT2D eigenvalue weighted by Gasteiger charge is -2.36. The Kier molecular flexibility index (Phi) is 4.85. The molecule has 0 radical (unpaired) electrons. The first-order valence-corrected chi connectivity index (χ1v) is 7.25. The summed E-state index contributed by atoms with van der Waals surface area (Å²) in [6, 6.07) is 7.84. The van der Waals surface area contributed by atoms with E-state index in [1.54, 1.807) is 0 Å². The predicted octanol–water partition coefficient (Wildman–Crippen LogP) is 2.10. The van der Waals surface area contributed by atoms with E-state index in [0.717, 1.165) is 43.3 Å². The van der Waals surface area contributed by atoms with Gasteiger partial charge >= 0.3 is 0 Å². The molecule has 0 spiro atoms. The third-order valence-electron chi connectivity index (χ3n) is 3.75. The fourth-order valence-corrected chi connectivity index (χ4v) is 2.81. The summed E-state index contributed by atoms with van der Waals surface area (Å²) in [4.78, 5) is 2.40. The van der Waals surface area contributed by atoms with Crippen LogP contribution in [0.5, 0.6) is 0 Å². The van der Waals surface area contributed by atoms with Crippen LogP contribution < -0.4 is 5.32 Å². The highest BCUT2D eigenvalue weighted by Gasteiger charge is 2.30. The lowest BCUT2D eigenvalue weighted by atomic mass is 9.84. The van der Waals surface area contributed by atoms with Gasteiger partial charge in [-0.2, -0.15) is 0 Å². The molecule has 0 bridgehead atoms. The molecule has 2 N–H and O–H groups in total. The van der Waals surface area contributed by atoms with Crippen LogP contribution in [-0.2, 0) is 0 Å². The number of rotatable bonds is 4. The van der Waals surface area contributed by atoms with Gasteiger partial charge in [0.15, 0.2) is 0 Å². The van der Waals surface area contributed by atoms with Crippen molar-refractivity contribution in [2.45, 2.75) is 25.4 Å². The van der Waals surface area contributed by atoms with Crippen LogP contribution >= 0.6 is 11.6 Å². The van der Waals surface area contributed by atoms with E-state index in [9.17, 15) is 5.11 Å². The van der Waals surface area contributed by atoms with Gasteiger partial charge in [0.05, 0.1) is 5.60 Å². The Morgan fingerprint density at radius 1 is 1.37 bits per heavy atom. The van der Waals surface area contributed by atoms with Crippen molar-refractivity contribution in [2.75, 3.05) is 32.7 Å². The first kappa shape index (κ1) is 14.8. The van der Waals surface area contributed by atoms with Crippen LogP contribution in [0.25, 0.3) is 0 Å². The highest BCUT2D eigenvalue weighted by atomic mass is 35.5. The zero-order valence-corrected chi connectivity index (χ0v) is 12.5. The molecule has 4 heteroatoms. The molecule has 1 heterocycles. The average Bonchev–Trinajstić information content (AvgIpc) is 2.36. The topological polar surface area (TPSA) is 35.5 Å². The molecule has 0 aromatic heterocycles. The minimum absolute atomic E-state index is 0.0734. The maximum absolute atomic E-state index is 10.5. The molecule has 1 aromatic rings. The lowest BCUT2D eigenvalue weighted by molar-refractivity contribution is 0.0329. The Morgan fingerprint density at radius 3 is 2.63 bits per heavy atom. The SMILES string of the molecule is CC(C)(O)[C@@H](CN1CCNCC1)c1cccc(Cl)c1. The third-order valence-corrected chi connectivity index (χ3v) is 3.99. The van der Waals surface area contributed by atoms with Crippen molar-refractivity contribution in [3.8, 4) is 0 Å². The van der Waals surface area contributed by atoms with E-state index in [-0.39, 0.29) is 5.92 Å². The molecule has 1 saturated heterocycles. The summed E-state index contributed by atoms with van der Waals surface area (Å²) >= 11 is 6.08. The normalized spacial score (nSPS) is 19.4. The van der Waals surface area contributed by atoms with Crippen molar-refractivity contribution in [3.05, 3.63) is 34.9 Å². The van der Waals surface area contributed by atoms with E-state index in [0.29, 0.717) is 0 Å². The number of nitrogens with one attached hydrogen (secondary N) is 1. The van der Waals surface area contributed by atoms with E-state index in [1.165, 1.54) is 0 Å². The van der Waals surface area contributed by atoms with Crippen LogP contribution in [0.1, 0.15) is 25.3 Å². The third kappa shape index (κ3) is 4.18. The van der Waals surface area contributed by atoms with Gasteiger partial charge in [-0.3, -0.25) is 0 Å². The summed E-state index contributed by atoms with van der Waals surface area (Å²) in [6.45, 7) is 8.73. The molecule has 0 saturated carbocycles. The molecule has 1 atom stereocenters. The van der Waals surface area contributed by atoms with Crippen LogP contribution in [0.2, 0.25) is 5.02 Å². The molecule has 0 aliphatic carbocycles. The summed E-state index contributed by atoms with van der Waals surface area (Å²) < 4.78 is 0. The standard InChI is InChI=1S/C15H23ClN2O/c1-15(2,19)14(11-18-8-6-17-7-9-18)12-4-3-5-13(16)10-12/h3-5,10,14,17,19H,6-9,11H2,1-2H3/t14-/m0/s1. The van der Waals surface area contributed by atoms with Gasteiger partial charge in [0.2, 0.25) is 0 Å². The van der Waals surface area contributed by atoms with Crippen molar-refractivity contribution in [2.24, 2.45) is 0 Å². The van der Waals surface area contributed by atoms with E-state index >= 15 is 0 Å². The Hall–Kier alpha value is -0.610. The van der Waals surface area contributed by atoms with Crippen molar-refractivity contribution in [1.82, 2.24) is 10.2 Å². The minimum atomic E-state index is -0.754. The summed E-state index contributed by atoms with van der Waals surface area (Å²) in [6.07, 6.45) is 0. The Bertz CT molecular complexity index is 411. The van der Waals surface area contributed by atoms with Gasteiger partial charge in [-0.15, -0.1) is 0 Å². The lowest BCUT2D eigenvalue weighted by Crippen LogP contribution is -2.47. The van der Waals surface area contributed by atoms with Crippen LogP contribution in [0.15, 0.2) is 24.3 Å². The predicted molar refractivity (Wildman–Crippen MR) is 79.8 cm³/mol. The molecule has 1 fully saturated rings. The number of hydrogen-bond acceptors (Lipinski definition) is 3. The van der Waals surface area contributed by atoms with Gasteiger partial charge in [0.25, 0.3) is 0 Å². The molecule has 0 amide bonds. The zero-order valence-electron chi connectivity index (χ0n) is 11.7. The van der Waals surface area contributed by atoms with Crippen LogP contribution in [-0.4, -0.2) is 48.3 Å².